The molecule has 1 atom stereocenters. The Hall–Kier alpha value is -2.80. The van der Waals surface area contributed by atoms with Crippen LogP contribution in [0.3, 0.4) is 0 Å². The maximum atomic E-state index is 13.1. The number of nitrogens with one attached hydrogen (secondary N) is 1. The summed E-state index contributed by atoms with van der Waals surface area (Å²) in [5.74, 6) is 1.43. The Morgan fingerprint density at radius 2 is 2.32 bits per heavy atom. The first-order chi connectivity index (χ1) is 12.3. The van der Waals surface area contributed by atoms with Gasteiger partial charge in [-0.05, 0) is 17.5 Å². The molecule has 1 aliphatic heterocycles. The number of H-pyrrole nitrogens is 1. The number of benzene rings is 1. The predicted molar refractivity (Wildman–Crippen MR) is 92.1 cm³/mol. The maximum absolute atomic E-state index is 13.1. The number of hydrogen-bond acceptors (Lipinski definition) is 5. The van der Waals surface area contributed by atoms with Gasteiger partial charge in [0.15, 0.2) is 5.82 Å². The highest BCUT2D eigenvalue weighted by Gasteiger charge is 2.29. The van der Waals surface area contributed by atoms with Gasteiger partial charge in [0.05, 0.1) is 13.2 Å². The highest BCUT2D eigenvalue weighted by atomic mass is 16.5. The Morgan fingerprint density at radius 3 is 3.16 bits per heavy atom. The summed E-state index contributed by atoms with van der Waals surface area (Å²) in [5, 5.41) is 8.99. The largest absolute Gasteiger partial charge is 0.366 e. The molecular formula is C18H19N5O2. The SMILES string of the molecule is CCc1nc(C2CN(C(=O)c3cccc4cnccc34)CCO2)n[nH]1. The third-order valence-electron chi connectivity index (χ3n) is 4.44. The van der Waals surface area contributed by atoms with Crippen molar-refractivity contribution in [3.8, 4) is 0 Å². The van der Waals surface area contributed by atoms with Gasteiger partial charge in [-0.3, -0.25) is 14.9 Å². The number of fused-ring (bicyclic) bond motifs is 1. The smallest absolute Gasteiger partial charge is 0.254 e. The second-order valence-corrected chi connectivity index (χ2v) is 6.01. The molecule has 1 aromatic carbocycles. The van der Waals surface area contributed by atoms with E-state index in [2.05, 4.69) is 20.2 Å². The van der Waals surface area contributed by atoms with Crippen molar-refractivity contribution in [2.75, 3.05) is 19.7 Å². The Balaban J connectivity index is 1.59. The maximum Gasteiger partial charge on any atom is 0.254 e. The summed E-state index contributed by atoms with van der Waals surface area (Å²) < 4.78 is 5.78. The van der Waals surface area contributed by atoms with Crippen LogP contribution < -0.4 is 0 Å². The zero-order valence-electron chi connectivity index (χ0n) is 14.0. The van der Waals surface area contributed by atoms with Crippen LogP contribution in [0.2, 0.25) is 0 Å². The lowest BCUT2D eigenvalue weighted by Gasteiger charge is -2.32. The molecule has 25 heavy (non-hydrogen) atoms. The number of hydrogen-bond donors (Lipinski definition) is 1. The lowest BCUT2D eigenvalue weighted by Crippen LogP contribution is -2.42. The van der Waals surface area contributed by atoms with Gasteiger partial charge in [0.2, 0.25) is 0 Å². The lowest BCUT2D eigenvalue weighted by molar-refractivity contribution is -0.0266. The average Bonchev–Trinajstić information content (AvgIpc) is 3.16. The fraction of sp³-hybridized carbons (Fsp3) is 0.333. The first-order valence-electron chi connectivity index (χ1n) is 8.41. The van der Waals surface area contributed by atoms with Crippen molar-refractivity contribution in [1.29, 1.82) is 0 Å². The van der Waals surface area contributed by atoms with E-state index in [-0.39, 0.29) is 12.0 Å². The van der Waals surface area contributed by atoms with Gasteiger partial charge in [0, 0.05) is 36.3 Å². The average molecular weight is 337 g/mol. The monoisotopic (exact) mass is 337 g/mol. The van der Waals surface area contributed by atoms with Gasteiger partial charge < -0.3 is 9.64 Å². The van der Waals surface area contributed by atoms with Crippen molar-refractivity contribution in [1.82, 2.24) is 25.1 Å². The number of rotatable bonds is 3. The normalized spacial score (nSPS) is 17.8. The van der Waals surface area contributed by atoms with E-state index >= 15 is 0 Å². The first-order valence-corrected chi connectivity index (χ1v) is 8.41. The van der Waals surface area contributed by atoms with Gasteiger partial charge in [-0.25, -0.2) is 4.98 Å². The van der Waals surface area contributed by atoms with Crippen molar-refractivity contribution in [3.05, 3.63) is 53.9 Å². The standard InChI is InChI=1S/C18H19N5O2/c1-2-16-20-17(22-21-16)15-11-23(8-9-25-15)18(24)14-5-3-4-12-10-19-7-6-13(12)14/h3-7,10,15H,2,8-9,11H2,1H3,(H,20,21,22). The Morgan fingerprint density at radius 1 is 1.40 bits per heavy atom. The van der Waals surface area contributed by atoms with Crippen LogP contribution in [0.1, 0.15) is 35.0 Å². The van der Waals surface area contributed by atoms with Gasteiger partial charge in [-0.2, -0.15) is 5.10 Å². The van der Waals surface area contributed by atoms with Crippen LogP contribution in [0.25, 0.3) is 10.8 Å². The molecule has 1 unspecified atom stereocenters. The van der Waals surface area contributed by atoms with Crippen LogP contribution in [0, 0.1) is 0 Å². The molecule has 0 bridgehead atoms. The number of morpholine rings is 1. The predicted octanol–water partition coefficient (Wildman–Crippen LogP) is 2.13. The third kappa shape index (κ3) is 2.98. The fourth-order valence-corrected chi connectivity index (χ4v) is 3.08. The van der Waals surface area contributed by atoms with Crippen LogP contribution in [-0.2, 0) is 11.2 Å². The Kier molecular flexibility index (Phi) is 4.15. The number of nitrogens with zero attached hydrogens (tertiary/aromatic N) is 4. The van der Waals surface area contributed by atoms with Gasteiger partial charge >= 0.3 is 0 Å². The third-order valence-corrected chi connectivity index (χ3v) is 4.44. The minimum absolute atomic E-state index is 0.00338. The number of pyridine rings is 1. The molecule has 0 spiro atoms. The number of ether oxygens (including phenoxy) is 1. The molecule has 1 N–H and O–H groups in total. The van der Waals surface area contributed by atoms with Crippen LogP contribution in [0.15, 0.2) is 36.7 Å². The summed E-state index contributed by atoms with van der Waals surface area (Å²) in [6, 6.07) is 7.58. The molecule has 2 aromatic heterocycles. The van der Waals surface area contributed by atoms with Gasteiger partial charge in [-0.15, -0.1) is 0 Å². The molecule has 3 aromatic rings. The molecule has 1 saturated heterocycles. The van der Waals surface area contributed by atoms with E-state index in [0.717, 1.165) is 23.0 Å². The first kappa shape index (κ1) is 15.7. The summed E-state index contributed by atoms with van der Waals surface area (Å²) in [4.78, 5) is 23.4. The van der Waals surface area contributed by atoms with Crippen LogP contribution in [-0.4, -0.2) is 50.7 Å². The molecule has 4 rings (SSSR count). The number of carbonyl (C=O) groups is 1. The van der Waals surface area contributed by atoms with E-state index in [1.807, 2.05) is 36.1 Å². The zero-order chi connectivity index (χ0) is 17.2. The highest BCUT2D eigenvalue weighted by Crippen LogP contribution is 2.24. The Labute approximate surface area is 145 Å². The molecule has 128 valence electrons. The zero-order valence-corrected chi connectivity index (χ0v) is 14.0. The van der Waals surface area contributed by atoms with E-state index in [0.29, 0.717) is 31.1 Å². The summed E-state index contributed by atoms with van der Waals surface area (Å²) in [7, 11) is 0. The molecule has 3 heterocycles. The van der Waals surface area contributed by atoms with E-state index in [1.54, 1.807) is 12.4 Å². The Bertz CT molecular complexity index is 902. The van der Waals surface area contributed by atoms with E-state index in [1.165, 1.54) is 0 Å². The number of aromatic nitrogens is 4. The minimum atomic E-state index is -0.300. The summed E-state index contributed by atoms with van der Waals surface area (Å²) in [6.45, 7) is 3.49. The van der Waals surface area contributed by atoms with Crippen molar-refractivity contribution in [2.24, 2.45) is 0 Å². The summed E-state index contributed by atoms with van der Waals surface area (Å²) in [6.07, 6.45) is 3.97. The number of carbonyl (C=O) groups excluding carboxylic acids is 1. The highest BCUT2D eigenvalue weighted by molar-refractivity contribution is 6.06. The summed E-state index contributed by atoms with van der Waals surface area (Å²) >= 11 is 0. The fourth-order valence-electron chi connectivity index (χ4n) is 3.08. The molecule has 1 amide bonds. The second kappa shape index (κ2) is 6.60. The van der Waals surface area contributed by atoms with Crippen molar-refractivity contribution < 1.29 is 9.53 Å². The molecule has 0 aliphatic carbocycles. The number of aryl methyl sites for hydroxylation is 1. The molecule has 1 aliphatic rings. The molecule has 7 heteroatoms. The van der Waals surface area contributed by atoms with Gasteiger partial charge in [0.25, 0.3) is 5.91 Å². The van der Waals surface area contributed by atoms with E-state index in [4.69, 9.17) is 4.74 Å². The van der Waals surface area contributed by atoms with E-state index < -0.39 is 0 Å². The molecule has 0 radical (unpaired) electrons. The number of aromatic amines is 1. The van der Waals surface area contributed by atoms with Crippen LogP contribution in [0.5, 0.6) is 0 Å². The van der Waals surface area contributed by atoms with Crippen molar-refractivity contribution in [3.63, 3.8) is 0 Å². The molecule has 0 saturated carbocycles. The van der Waals surface area contributed by atoms with Gasteiger partial charge in [-0.1, -0.05) is 19.1 Å². The number of amides is 1. The van der Waals surface area contributed by atoms with E-state index in [9.17, 15) is 4.79 Å². The quantitative estimate of drug-likeness (QED) is 0.791. The van der Waals surface area contributed by atoms with Crippen molar-refractivity contribution >= 4 is 16.7 Å². The summed E-state index contributed by atoms with van der Waals surface area (Å²) in [5.41, 5.74) is 0.685. The molecule has 1 fully saturated rings. The molecule has 7 nitrogen and oxygen atoms in total. The lowest BCUT2D eigenvalue weighted by atomic mass is 10.0. The van der Waals surface area contributed by atoms with Crippen molar-refractivity contribution in [2.45, 2.75) is 19.4 Å². The van der Waals surface area contributed by atoms with Gasteiger partial charge in [0.1, 0.15) is 11.9 Å². The van der Waals surface area contributed by atoms with Crippen LogP contribution >= 0.6 is 0 Å². The topological polar surface area (TPSA) is 84.0 Å². The minimum Gasteiger partial charge on any atom is -0.366 e. The van der Waals surface area contributed by atoms with Crippen LogP contribution in [0.4, 0.5) is 0 Å². The molecular weight excluding hydrogens is 318 g/mol. The second-order valence-electron chi connectivity index (χ2n) is 6.01.